The summed E-state index contributed by atoms with van der Waals surface area (Å²) < 4.78 is 7.34. The molecular formula is C35H44N12O2. The number of nitriles is 1. The monoisotopic (exact) mass is 664 g/mol. The molecule has 3 N–H and O–H groups in total. The normalized spacial score (nSPS) is 16.2. The second-order valence-corrected chi connectivity index (χ2v) is 13.6. The van der Waals surface area contributed by atoms with Crippen LogP contribution in [0.1, 0.15) is 53.6 Å². The third-order valence-electron chi connectivity index (χ3n) is 8.76. The molecule has 14 nitrogen and oxygen atoms in total. The molecule has 49 heavy (non-hydrogen) atoms. The van der Waals surface area contributed by atoms with Gasteiger partial charge in [-0.2, -0.15) is 15.0 Å². The maximum absolute atomic E-state index is 13.5. The first kappa shape index (κ1) is 33.9. The van der Waals surface area contributed by atoms with Crippen molar-refractivity contribution in [3.8, 4) is 11.9 Å². The maximum Gasteiger partial charge on any atom is 0.258 e. The Labute approximate surface area is 287 Å². The number of aryl methyl sites for hydroxylation is 1. The van der Waals surface area contributed by atoms with Crippen LogP contribution in [0, 0.1) is 18.3 Å². The standard InChI is InChI=1S/C35H44N12O2/c1-24-6-7-26(40-34(48)28-16-25(35(2,3)4)21-37-30(28)20-36)17-29(24)41-33-18-27(22-45-12-14-49-15-13-45)42-47(33)32-19-31(38-23-39-32)43-46-10-8-44(5)9-11-46/h6-7,16-19,21,23,41H,8-15,22H2,1-5H3,(H,40,48)(H,38,39,43). The molecule has 3 aromatic heterocycles. The molecule has 0 spiro atoms. The number of morpholine rings is 1. The number of rotatable bonds is 9. The van der Waals surface area contributed by atoms with Gasteiger partial charge in [0.05, 0.1) is 24.5 Å². The number of ether oxygens (including phenoxy) is 1. The van der Waals surface area contributed by atoms with Crippen molar-refractivity contribution < 1.29 is 9.53 Å². The lowest BCUT2D eigenvalue weighted by Crippen LogP contribution is -2.47. The molecule has 0 radical (unpaired) electrons. The minimum absolute atomic E-state index is 0.0824. The molecule has 0 bridgehead atoms. The smallest absolute Gasteiger partial charge is 0.258 e. The number of hydrogen-bond donors (Lipinski definition) is 3. The summed E-state index contributed by atoms with van der Waals surface area (Å²) in [5.41, 5.74) is 7.59. The fourth-order valence-electron chi connectivity index (χ4n) is 5.67. The fraction of sp³-hybridized carbons (Fsp3) is 0.429. The van der Waals surface area contributed by atoms with Gasteiger partial charge >= 0.3 is 0 Å². The van der Waals surface area contributed by atoms with E-state index in [-0.39, 0.29) is 16.7 Å². The zero-order valence-electron chi connectivity index (χ0n) is 28.8. The van der Waals surface area contributed by atoms with E-state index in [0.717, 1.165) is 61.8 Å². The number of pyridine rings is 1. The van der Waals surface area contributed by atoms with Crippen LogP contribution in [0.15, 0.2) is 48.9 Å². The Morgan fingerprint density at radius 2 is 1.78 bits per heavy atom. The average Bonchev–Trinajstić information content (AvgIpc) is 3.48. The number of carbonyl (C=O) groups excluding carboxylic acids is 1. The predicted octanol–water partition coefficient (Wildman–Crippen LogP) is 3.94. The number of carbonyl (C=O) groups is 1. The number of hydrogen-bond acceptors (Lipinski definition) is 12. The van der Waals surface area contributed by atoms with Crippen LogP contribution in [-0.4, -0.2) is 105 Å². The zero-order chi connectivity index (χ0) is 34.5. The molecule has 1 amide bonds. The summed E-state index contributed by atoms with van der Waals surface area (Å²) in [5, 5.41) is 23.3. The summed E-state index contributed by atoms with van der Waals surface area (Å²) in [4.78, 5) is 31.4. The summed E-state index contributed by atoms with van der Waals surface area (Å²) in [6.07, 6.45) is 3.20. The van der Waals surface area contributed by atoms with E-state index in [1.54, 1.807) is 23.3 Å². The van der Waals surface area contributed by atoms with E-state index in [9.17, 15) is 10.1 Å². The Hall–Kier alpha value is -4.94. The first-order valence-corrected chi connectivity index (χ1v) is 16.6. The molecule has 0 aliphatic carbocycles. The van der Waals surface area contributed by atoms with E-state index in [1.807, 2.05) is 58.0 Å². The topological polar surface area (TPSA) is 152 Å². The Bertz CT molecular complexity index is 1830. The van der Waals surface area contributed by atoms with Crippen LogP contribution in [0.25, 0.3) is 5.82 Å². The van der Waals surface area contributed by atoms with Gasteiger partial charge < -0.3 is 25.7 Å². The summed E-state index contributed by atoms with van der Waals surface area (Å²) in [6, 6.07) is 13.4. The van der Waals surface area contributed by atoms with Gasteiger partial charge in [0.25, 0.3) is 5.91 Å². The van der Waals surface area contributed by atoms with Gasteiger partial charge in [-0.1, -0.05) is 26.8 Å². The SMILES string of the molecule is Cc1ccc(NC(=O)c2cc(C(C)(C)C)cnc2C#N)cc1Nc1cc(CN2CCOCC2)nn1-c1cc(NN2CCN(C)CC2)ncn1. The van der Waals surface area contributed by atoms with Crippen molar-refractivity contribution in [1.29, 1.82) is 5.26 Å². The number of hydrazine groups is 1. The summed E-state index contributed by atoms with van der Waals surface area (Å²) in [6.45, 7) is 15.6. The van der Waals surface area contributed by atoms with E-state index in [0.29, 0.717) is 42.9 Å². The lowest BCUT2D eigenvalue weighted by atomic mass is 9.87. The molecule has 0 unspecified atom stereocenters. The molecule has 2 aliphatic heterocycles. The lowest BCUT2D eigenvalue weighted by molar-refractivity contribution is 0.0336. The van der Waals surface area contributed by atoms with Crippen LogP contribution in [0.3, 0.4) is 0 Å². The van der Waals surface area contributed by atoms with Gasteiger partial charge in [0.15, 0.2) is 11.5 Å². The predicted molar refractivity (Wildman–Crippen MR) is 188 cm³/mol. The number of likely N-dealkylation sites (N-methyl/N-ethyl adjacent to an activating group) is 1. The third kappa shape index (κ3) is 8.38. The van der Waals surface area contributed by atoms with Gasteiger partial charge in [-0.25, -0.2) is 20.0 Å². The van der Waals surface area contributed by atoms with E-state index in [2.05, 4.69) is 58.9 Å². The van der Waals surface area contributed by atoms with Gasteiger partial charge in [-0.15, -0.1) is 0 Å². The molecule has 0 atom stereocenters. The van der Waals surface area contributed by atoms with Crippen molar-refractivity contribution in [2.75, 3.05) is 75.6 Å². The van der Waals surface area contributed by atoms with E-state index >= 15 is 0 Å². The Morgan fingerprint density at radius 1 is 1.00 bits per heavy atom. The number of benzene rings is 1. The summed E-state index contributed by atoms with van der Waals surface area (Å²) in [7, 11) is 2.13. The molecule has 2 aliphatic rings. The Morgan fingerprint density at radius 3 is 2.51 bits per heavy atom. The van der Waals surface area contributed by atoms with Crippen molar-refractivity contribution in [2.45, 2.75) is 39.7 Å². The first-order valence-electron chi connectivity index (χ1n) is 16.6. The molecule has 0 saturated carbocycles. The summed E-state index contributed by atoms with van der Waals surface area (Å²) >= 11 is 0. The van der Waals surface area contributed by atoms with Gasteiger partial charge in [0.2, 0.25) is 0 Å². The molecular weight excluding hydrogens is 620 g/mol. The van der Waals surface area contributed by atoms with Crippen molar-refractivity contribution in [3.05, 3.63) is 77.0 Å². The molecule has 1 aromatic carbocycles. The quantitative estimate of drug-likeness (QED) is 0.238. The van der Waals surface area contributed by atoms with Crippen LogP contribution < -0.4 is 16.1 Å². The zero-order valence-corrected chi connectivity index (χ0v) is 28.8. The van der Waals surface area contributed by atoms with E-state index in [4.69, 9.17) is 9.84 Å². The largest absolute Gasteiger partial charge is 0.379 e. The Balaban J connectivity index is 1.27. The van der Waals surface area contributed by atoms with Crippen LogP contribution in [0.5, 0.6) is 0 Å². The third-order valence-corrected chi connectivity index (χ3v) is 8.76. The minimum atomic E-state index is -0.399. The highest BCUT2D eigenvalue weighted by Crippen LogP contribution is 2.28. The number of anilines is 4. The van der Waals surface area contributed by atoms with Gasteiger partial charge in [0.1, 0.15) is 24.0 Å². The molecule has 256 valence electrons. The van der Waals surface area contributed by atoms with Crippen molar-refractivity contribution in [1.82, 2.24) is 39.5 Å². The second-order valence-electron chi connectivity index (χ2n) is 13.6. The van der Waals surface area contributed by atoms with Crippen molar-refractivity contribution in [2.24, 2.45) is 0 Å². The van der Waals surface area contributed by atoms with Gasteiger partial charge in [-0.05, 0) is 48.7 Å². The highest BCUT2D eigenvalue weighted by Gasteiger charge is 2.22. The van der Waals surface area contributed by atoms with E-state index < -0.39 is 5.91 Å². The van der Waals surface area contributed by atoms with Crippen molar-refractivity contribution >= 4 is 28.9 Å². The van der Waals surface area contributed by atoms with E-state index in [1.165, 1.54) is 0 Å². The molecule has 2 fully saturated rings. The highest BCUT2D eigenvalue weighted by molar-refractivity contribution is 6.06. The molecule has 4 aromatic rings. The van der Waals surface area contributed by atoms with Crippen LogP contribution in [0.4, 0.5) is 23.0 Å². The number of piperazine rings is 1. The second kappa shape index (κ2) is 14.7. The maximum atomic E-state index is 13.5. The molecule has 5 heterocycles. The molecule has 14 heteroatoms. The minimum Gasteiger partial charge on any atom is -0.379 e. The van der Waals surface area contributed by atoms with Gasteiger partial charge in [-0.3, -0.25) is 9.69 Å². The number of nitrogens with one attached hydrogen (secondary N) is 3. The number of aromatic nitrogens is 5. The van der Waals surface area contributed by atoms with Crippen molar-refractivity contribution in [3.63, 3.8) is 0 Å². The number of nitrogens with zero attached hydrogens (tertiary/aromatic N) is 9. The number of amides is 1. The van der Waals surface area contributed by atoms with Gasteiger partial charge in [0, 0.05) is 75.5 Å². The van der Waals surface area contributed by atoms with Crippen LogP contribution in [-0.2, 0) is 16.7 Å². The first-order chi connectivity index (χ1) is 23.6. The molecule has 6 rings (SSSR count). The fourth-order valence-corrected chi connectivity index (χ4v) is 5.67. The highest BCUT2D eigenvalue weighted by atomic mass is 16.5. The lowest BCUT2D eigenvalue weighted by Gasteiger charge is -2.32. The molecule has 2 saturated heterocycles. The van der Waals surface area contributed by atoms with Crippen LogP contribution >= 0.6 is 0 Å². The van der Waals surface area contributed by atoms with Crippen LogP contribution in [0.2, 0.25) is 0 Å². The Kier molecular flexibility index (Phi) is 10.2. The average molecular weight is 665 g/mol. The summed E-state index contributed by atoms with van der Waals surface area (Å²) in [5.74, 6) is 1.62.